The topological polar surface area (TPSA) is 63.7 Å². The van der Waals surface area contributed by atoms with Crippen molar-refractivity contribution in [2.75, 3.05) is 17.7 Å². The summed E-state index contributed by atoms with van der Waals surface area (Å²) in [4.78, 5) is 13.3. The van der Waals surface area contributed by atoms with Crippen LogP contribution in [0.25, 0.3) is 0 Å². The van der Waals surface area contributed by atoms with Crippen LogP contribution >= 0.6 is 0 Å². The molecule has 0 radical (unpaired) electrons. The summed E-state index contributed by atoms with van der Waals surface area (Å²) in [6.45, 7) is 1.93. The fourth-order valence-corrected chi connectivity index (χ4v) is 2.56. The Morgan fingerprint density at radius 2 is 2.11 bits per heavy atom. The van der Waals surface area contributed by atoms with Crippen molar-refractivity contribution in [3.63, 3.8) is 0 Å². The minimum Gasteiger partial charge on any atom is -0.310 e. The number of aryl methyl sites for hydroxylation is 1. The molecule has 0 bridgehead atoms. The first-order valence-corrected chi connectivity index (χ1v) is 7.55. The number of hydrogen-bond donors (Lipinski definition) is 0. The average Bonchev–Trinajstić information content (AvgIpc) is 2.63. The van der Waals surface area contributed by atoms with E-state index in [9.17, 15) is 17.6 Å². The molecule has 1 aromatic carbocycles. The van der Waals surface area contributed by atoms with Crippen molar-refractivity contribution in [3.05, 3.63) is 29.6 Å². The molecule has 2 rings (SSSR count). The first kappa shape index (κ1) is 14.0. The second kappa shape index (κ2) is 4.90. The SMILES string of the molecule is Cc1ccc(N2CCC(OS(C)(=O)=O)C2=O)cc1F. The van der Waals surface area contributed by atoms with E-state index in [1.807, 2.05) is 0 Å². The van der Waals surface area contributed by atoms with E-state index in [-0.39, 0.29) is 6.42 Å². The van der Waals surface area contributed by atoms with Gasteiger partial charge in [-0.2, -0.15) is 8.42 Å². The van der Waals surface area contributed by atoms with Crippen LogP contribution < -0.4 is 4.90 Å². The van der Waals surface area contributed by atoms with Gasteiger partial charge in [0.1, 0.15) is 5.82 Å². The van der Waals surface area contributed by atoms with Crippen molar-refractivity contribution in [1.82, 2.24) is 0 Å². The van der Waals surface area contributed by atoms with Gasteiger partial charge in [-0.15, -0.1) is 0 Å². The van der Waals surface area contributed by atoms with Crippen molar-refractivity contribution < 1.29 is 21.8 Å². The molecule has 7 heteroatoms. The van der Waals surface area contributed by atoms with E-state index < -0.39 is 27.9 Å². The highest BCUT2D eigenvalue weighted by Gasteiger charge is 2.35. The third-order valence-electron chi connectivity index (χ3n) is 2.91. The Labute approximate surface area is 111 Å². The summed E-state index contributed by atoms with van der Waals surface area (Å²) >= 11 is 0. The number of halogens is 1. The molecule has 1 fully saturated rings. The van der Waals surface area contributed by atoms with Crippen molar-refractivity contribution in [1.29, 1.82) is 0 Å². The standard InChI is InChI=1S/C12H14FNO4S/c1-8-3-4-9(7-10(8)13)14-6-5-11(12(14)15)18-19(2,16)17/h3-4,7,11H,5-6H2,1-2H3. The van der Waals surface area contributed by atoms with Crippen LogP contribution in [0.15, 0.2) is 18.2 Å². The fourth-order valence-electron chi connectivity index (χ4n) is 1.96. The molecule has 0 aromatic heterocycles. The molecule has 0 spiro atoms. The predicted octanol–water partition coefficient (Wildman–Crippen LogP) is 1.22. The van der Waals surface area contributed by atoms with Crippen LogP contribution in [0.5, 0.6) is 0 Å². The lowest BCUT2D eigenvalue weighted by Crippen LogP contribution is -2.31. The minimum absolute atomic E-state index is 0.265. The van der Waals surface area contributed by atoms with Crippen LogP contribution in [0.4, 0.5) is 10.1 Å². The Bertz CT molecular complexity index is 614. The maximum atomic E-state index is 13.5. The summed E-state index contributed by atoms with van der Waals surface area (Å²) < 4.78 is 40.2. The molecule has 1 unspecified atom stereocenters. The quantitative estimate of drug-likeness (QED) is 0.784. The molecule has 0 aliphatic carbocycles. The molecule has 1 aliphatic heterocycles. The fraction of sp³-hybridized carbons (Fsp3) is 0.417. The lowest BCUT2D eigenvalue weighted by Gasteiger charge is -2.17. The van der Waals surface area contributed by atoms with Crippen molar-refractivity contribution in [3.8, 4) is 0 Å². The van der Waals surface area contributed by atoms with Crippen LogP contribution in [0.1, 0.15) is 12.0 Å². The molecule has 1 heterocycles. The van der Waals surface area contributed by atoms with Crippen LogP contribution in [0.3, 0.4) is 0 Å². The molecule has 0 N–H and O–H groups in total. The van der Waals surface area contributed by atoms with Gasteiger partial charge in [-0.25, -0.2) is 4.39 Å². The van der Waals surface area contributed by atoms with Crippen LogP contribution in [0.2, 0.25) is 0 Å². The molecule has 1 aliphatic rings. The molecule has 104 valence electrons. The van der Waals surface area contributed by atoms with E-state index in [1.54, 1.807) is 19.1 Å². The third kappa shape index (κ3) is 3.10. The van der Waals surface area contributed by atoms with Gasteiger partial charge in [-0.05, 0) is 24.6 Å². The zero-order valence-corrected chi connectivity index (χ0v) is 11.4. The Kier molecular flexibility index (Phi) is 3.60. The largest absolute Gasteiger partial charge is 0.310 e. The van der Waals surface area contributed by atoms with E-state index >= 15 is 0 Å². The Morgan fingerprint density at radius 1 is 1.42 bits per heavy atom. The summed E-state index contributed by atoms with van der Waals surface area (Å²) in [5.74, 6) is -0.869. The molecular weight excluding hydrogens is 273 g/mol. The first-order chi connectivity index (χ1) is 8.78. The maximum Gasteiger partial charge on any atom is 0.265 e. The van der Waals surface area contributed by atoms with Gasteiger partial charge in [0, 0.05) is 18.7 Å². The first-order valence-electron chi connectivity index (χ1n) is 5.74. The van der Waals surface area contributed by atoms with Gasteiger partial charge in [0.15, 0.2) is 6.10 Å². The normalized spacial score (nSPS) is 20.1. The van der Waals surface area contributed by atoms with Crippen LogP contribution in [0, 0.1) is 12.7 Å². The zero-order valence-electron chi connectivity index (χ0n) is 10.6. The number of amides is 1. The number of anilines is 1. The maximum absolute atomic E-state index is 13.5. The van der Waals surface area contributed by atoms with Gasteiger partial charge in [0.05, 0.1) is 6.26 Å². The van der Waals surface area contributed by atoms with Gasteiger partial charge in [-0.1, -0.05) is 6.07 Å². The van der Waals surface area contributed by atoms with E-state index in [2.05, 4.69) is 0 Å². The lowest BCUT2D eigenvalue weighted by molar-refractivity contribution is -0.122. The number of hydrogen-bond acceptors (Lipinski definition) is 4. The molecule has 1 saturated heterocycles. The second-order valence-corrected chi connectivity index (χ2v) is 6.10. The highest BCUT2D eigenvalue weighted by Crippen LogP contribution is 2.25. The highest BCUT2D eigenvalue weighted by molar-refractivity contribution is 7.86. The summed E-state index contributed by atoms with van der Waals surface area (Å²) in [6.07, 6.45) is 0.148. The number of nitrogens with zero attached hydrogens (tertiary/aromatic N) is 1. The molecule has 5 nitrogen and oxygen atoms in total. The van der Waals surface area contributed by atoms with E-state index in [4.69, 9.17) is 4.18 Å². The number of rotatable bonds is 3. The summed E-state index contributed by atoms with van der Waals surface area (Å²) in [5.41, 5.74) is 0.895. The lowest BCUT2D eigenvalue weighted by atomic mass is 10.2. The summed E-state index contributed by atoms with van der Waals surface area (Å²) in [6, 6.07) is 4.46. The van der Waals surface area contributed by atoms with Crippen LogP contribution in [-0.4, -0.2) is 33.2 Å². The van der Waals surface area contributed by atoms with E-state index in [1.165, 1.54) is 11.0 Å². The smallest absolute Gasteiger partial charge is 0.265 e. The number of carbonyl (C=O) groups excluding carboxylic acids is 1. The van der Waals surface area contributed by atoms with Crippen LogP contribution in [-0.2, 0) is 19.1 Å². The molecule has 1 amide bonds. The zero-order chi connectivity index (χ0) is 14.2. The summed E-state index contributed by atoms with van der Waals surface area (Å²) in [5, 5.41) is 0. The summed E-state index contributed by atoms with van der Waals surface area (Å²) in [7, 11) is -3.68. The molecular formula is C12H14FNO4S. The highest BCUT2D eigenvalue weighted by atomic mass is 32.2. The Balaban J connectivity index is 2.20. The number of carbonyl (C=O) groups is 1. The Hall–Kier alpha value is -1.47. The van der Waals surface area contributed by atoms with Gasteiger partial charge < -0.3 is 4.90 Å². The van der Waals surface area contributed by atoms with Gasteiger partial charge in [-0.3, -0.25) is 8.98 Å². The van der Waals surface area contributed by atoms with E-state index in [0.717, 1.165) is 6.26 Å². The average molecular weight is 287 g/mol. The van der Waals surface area contributed by atoms with Gasteiger partial charge >= 0.3 is 0 Å². The van der Waals surface area contributed by atoms with E-state index in [0.29, 0.717) is 17.8 Å². The second-order valence-electron chi connectivity index (χ2n) is 4.50. The molecule has 0 saturated carbocycles. The van der Waals surface area contributed by atoms with Crippen molar-refractivity contribution >= 4 is 21.7 Å². The minimum atomic E-state index is -3.68. The third-order valence-corrected chi connectivity index (χ3v) is 3.50. The molecule has 1 aromatic rings. The predicted molar refractivity (Wildman–Crippen MR) is 67.8 cm³/mol. The Morgan fingerprint density at radius 3 is 2.68 bits per heavy atom. The molecule has 1 atom stereocenters. The van der Waals surface area contributed by atoms with Crippen molar-refractivity contribution in [2.45, 2.75) is 19.4 Å². The number of benzene rings is 1. The monoisotopic (exact) mass is 287 g/mol. The van der Waals surface area contributed by atoms with Gasteiger partial charge in [0.25, 0.3) is 16.0 Å². The molecule has 19 heavy (non-hydrogen) atoms. The van der Waals surface area contributed by atoms with Crippen molar-refractivity contribution in [2.24, 2.45) is 0 Å². The van der Waals surface area contributed by atoms with Gasteiger partial charge in [0.2, 0.25) is 0 Å².